The molecular weight excluding hydrogens is 256 g/mol. The van der Waals surface area contributed by atoms with E-state index in [4.69, 9.17) is 4.74 Å². The van der Waals surface area contributed by atoms with Gasteiger partial charge < -0.3 is 4.74 Å². The lowest BCUT2D eigenvalue weighted by atomic mass is 9.46. The van der Waals surface area contributed by atoms with Gasteiger partial charge in [0, 0.05) is 0 Å². The molecule has 0 bridgehead atoms. The third-order valence-corrected chi connectivity index (χ3v) is 7.09. The standard InChI is InChI=1S/C20H32O/c1-7-18(4)13-9-16-19(5)12-8-11-17(2,3)15(19)10-14-20(16,6)21-18/h7-8,11,15-16H,1,9-10,12-14H2,2-6H3/t15-,16+,18+,19-,20+/m1/s1. The lowest BCUT2D eigenvalue weighted by Gasteiger charge is -2.64. The number of hydrogen-bond donors (Lipinski definition) is 0. The molecule has 5 atom stereocenters. The van der Waals surface area contributed by atoms with Crippen LogP contribution in [0.25, 0.3) is 0 Å². The Labute approximate surface area is 130 Å². The number of hydrogen-bond acceptors (Lipinski definition) is 1. The molecule has 2 fully saturated rings. The minimum Gasteiger partial charge on any atom is -0.365 e. The van der Waals surface area contributed by atoms with Gasteiger partial charge in [0.2, 0.25) is 0 Å². The summed E-state index contributed by atoms with van der Waals surface area (Å²) in [5.41, 5.74) is 0.601. The molecular formula is C20H32O. The van der Waals surface area contributed by atoms with Gasteiger partial charge in [0.05, 0.1) is 11.2 Å². The Kier molecular flexibility index (Phi) is 3.27. The van der Waals surface area contributed by atoms with Gasteiger partial charge in [-0.15, -0.1) is 6.58 Å². The van der Waals surface area contributed by atoms with Crippen LogP contribution in [0.5, 0.6) is 0 Å². The number of fused-ring (bicyclic) bond motifs is 3. The summed E-state index contributed by atoms with van der Waals surface area (Å²) >= 11 is 0. The fourth-order valence-electron chi connectivity index (χ4n) is 6.03. The first kappa shape index (κ1) is 15.3. The summed E-state index contributed by atoms with van der Waals surface area (Å²) in [6.45, 7) is 16.0. The SMILES string of the molecule is C=C[C@@]1(C)CC[C@H]2[C@]3(C)CC=CC(C)(C)[C@H]3CC[C@]2(C)O1. The Morgan fingerprint density at radius 3 is 2.38 bits per heavy atom. The van der Waals surface area contributed by atoms with Crippen LogP contribution in [0.3, 0.4) is 0 Å². The molecule has 2 aliphatic carbocycles. The molecule has 1 saturated heterocycles. The van der Waals surface area contributed by atoms with E-state index >= 15 is 0 Å². The third kappa shape index (κ3) is 2.15. The van der Waals surface area contributed by atoms with Gasteiger partial charge >= 0.3 is 0 Å². The van der Waals surface area contributed by atoms with Crippen molar-refractivity contribution in [2.75, 3.05) is 0 Å². The topological polar surface area (TPSA) is 9.23 Å². The molecule has 1 nitrogen and oxygen atoms in total. The molecule has 3 aliphatic rings. The molecule has 1 saturated carbocycles. The van der Waals surface area contributed by atoms with Gasteiger partial charge in [0.25, 0.3) is 0 Å². The van der Waals surface area contributed by atoms with Crippen molar-refractivity contribution in [3.63, 3.8) is 0 Å². The number of ether oxygens (including phenoxy) is 1. The van der Waals surface area contributed by atoms with Crippen molar-refractivity contribution in [2.24, 2.45) is 22.7 Å². The van der Waals surface area contributed by atoms with E-state index in [0.29, 0.717) is 16.7 Å². The van der Waals surface area contributed by atoms with Crippen molar-refractivity contribution in [2.45, 2.75) is 77.9 Å². The minimum atomic E-state index is -0.130. The highest BCUT2D eigenvalue weighted by atomic mass is 16.5. The van der Waals surface area contributed by atoms with Crippen molar-refractivity contribution in [1.29, 1.82) is 0 Å². The van der Waals surface area contributed by atoms with Crippen LogP contribution >= 0.6 is 0 Å². The summed E-state index contributed by atoms with van der Waals surface area (Å²) in [5, 5.41) is 0. The van der Waals surface area contributed by atoms with Gasteiger partial charge in [-0.2, -0.15) is 0 Å². The molecule has 1 aliphatic heterocycles. The maximum Gasteiger partial charge on any atom is 0.0839 e. The van der Waals surface area contributed by atoms with Crippen LogP contribution < -0.4 is 0 Å². The highest BCUT2D eigenvalue weighted by molar-refractivity contribution is 5.18. The van der Waals surface area contributed by atoms with E-state index in [2.05, 4.69) is 53.3 Å². The van der Waals surface area contributed by atoms with Gasteiger partial charge in [-0.25, -0.2) is 0 Å². The van der Waals surface area contributed by atoms with Gasteiger partial charge in [-0.05, 0) is 68.6 Å². The first-order chi connectivity index (χ1) is 9.65. The predicted molar refractivity (Wildman–Crippen MR) is 89.2 cm³/mol. The molecule has 21 heavy (non-hydrogen) atoms. The smallest absolute Gasteiger partial charge is 0.0839 e. The van der Waals surface area contributed by atoms with Crippen LogP contribution in [-0.2, 0) is 4.74 Å². The van der Waals surface area contributed by atoms with Crippen LogP contribution in [0.2, 0.25) is 0 Å². The minimum absolute atomic E-state index is 0.0215. The van der Waals surface area contributed by atoms with E-state index in [0.717, 1.165) is 12.3 Å². The Bertz CT molecular complexity index is 476. The Morgan fingerprint density at radius 2 is 1.71 bits per heavy atom. The molecule has 1 heteroatoms. The van der Waals surface area contributed by atoms with E-state index in [1.165, 1.54) is 25.7 Å². The second kappa shape index (κ2) is 4.47. The summed E-state index contributed by atoms with van der Waals surface area (Å²) in [7, 11) is 0. The van der Waals surface area contributed by atoms with Crippen LogP contribution in [-0.4, -0.2) is 11.2 Å². The van der Waals surface area contributed by atoms with Gasteiger partial charge in [-0.1, -0.05) is 39.0 Å². The summed E-state index contributed by atoms with van der Waals surface area (Å²) in [4.78, 5) is 0. The molecule has 3 rings (SSSR count). The van der Waals surface area contributed by atoms with E-state index in [9.17, 15) is 0 Å². The first-order valence-electron chi connectivity index (χ1n) is 8.67. The lowest BCUT2D eigenvalue weighted by molar-refractivity contribution is -0.243. The lowest BCUT2D eigenvalue weighted by Crippen LogP contribution is -2.61. The van der Waals surface area contributed by atoms with E-state index in [-0.39, 0.29) is 11.2 Å². The highest BCUT2D eigenvalue weighted by Crippen LogP contribution is 2.64. The van der Waals surface area contributed by atoms with Gasteiger partial charge in [0.15, 0.2) is 0 Å². The number of rotatable bonds is 1. The van der Waals surface area contributed by atoms with Crippen molar-refractivity contribution in [3.8, 4) is 0 Å². The molecule has 0 aromatic carbocycles. The normalized spacial score (nSPS) is 51.9. The zero-order chi connectivity index (χ0) is 15.5. The Hall–Kier alpha value is -0.560. The van der Waals surface area contributed by atoms with Crippen molar-refractivity contribution in [3.05, 3.63) is 24.8 Å². The van der Waals surface area contributed by atoms with Crippen molar-refractivity contribution >= 4 is 0 Å². The maximum atomic E-state index is 6.65. The molecule has 0 unspecified atom stereocenters. The second-order valence-electron chi connectivity index (χ2n) is 9.05. The summed E-state index contributed by atoms with van der Waals surface area (Å²) in [6.07, 6.45) is 13.0. The average Bonchev–Trinajstić information content (AvgIpc) is 2.36. The Balaban J connectivity index is 1.97. The molecule has 0 N–H and O–H groups in total. The van der Waals surface area contributed by atoms with E-state index in [1.54, 1.807) is 0 Å². The Morgan fingerprint density at radius 1 is 1.05 bits per heavy atom. The maximum absolute atomic E-state index is 6.65. The average molecular weight is 288 g/mol. The summed E-state index contributed by atoms with van der Waals surface area (Å²) < 4.78 is 6.65. The monoisotopic (exact) mass is 288 g/mol. The van der Waals surface area contributed by atoms with E-state index < -0.39 is 0 Å². The number of allylic oxidation sites excluding steroid dienone is 2. The third-order valence-electron chi connectivity index (χ3n) is 7.09. The highest BCUT2D eigenvalue weighted by Gasteiger charge is 2.60. The van der Waals surface area contributed by atoms with Gasteiger partial charge in [0.1, 0.15) is 0 Å². The summed E-state index contributed by atoms with van der Waals surface area (Å²) in [5.74, 6) is 1.45. The zero-order valence-corrected chi connectivity index (χ0v) is 14.5. The van der Waals surface area contributed by atoms with Crippen LogP contribution in [0.4, 0.5) is 0 Å². The summed E-state index contributed by atoms with van der Waals surface area (Å²) in [6, 6.07) is 0. The van der Waals surface area contributed by atoms with Crippen LogP contribution in [0.15, 0.2) is 24.8 Å². The quantitative estimate of drug-likeness (QED) is 0.577. The van der Waals surface area contributed by atoms with Crippen molar-refractivity contribution in [1.82, 2.24) is 0 Å². The predicted octanol–water partition coefficient (Wildman–Crippen LogP) is 5.52. The zero-order valence-electron chi connectivity index (χ0n) is 14.5. The van der Waals surface area contributed by atoms with Gasteiger partial charge in [-0.3, -0.25) is 0 Å². The molecule has 0 radical (unpaired) electrons. The molecule has 0 aromatic rings. The first-order valence-corrected chi connectivity index (χ1v) is 8.67. The molecule has 0 spiro atoms. The van der Waals surface area contributed by atoms with Crippen molar-refractivity contribution < 1.29 is 4.74 Å². The molecule has 1 heterocycles. The van der Waals surface area contributed by atoms with Crippen LogP contribution in [0.1, 0.15) is 66.7 Å². The molecule has 0 aromatic heterocycles. The molecule has 118 valence electrons. The largest absolute Gasteiger partial charge is 0.365 e. The van der Waals surface area contributed by atoms with Crippen LogP contribution in [0, 0.1) is 22.7 Å². The fourth-order valence-corrected chi connectivity index (χ4v) is 6.03. The fraction of sp³-hybridized carbons (Fsp3) is 0.800. The van der Waals surface area contributed by atoms with E-state index in [1.807, 2.05) is 6.08 Å². The second-order valence-corrected chi connectivity index (χ2v) is 9.05. The molecule has 0 amide bonds.